The number of ether oxygens (including phenoxy) is 1. The molecule has 0 bridgehead atoms. The minimum absolute atomic E-state index is 0.112. The van der Waals surface area contributed by atoms with E-state index in [0.29, 0.717) is 17.0 Å². The normalized spacial score (nSPS) is 10.4. The van der Waals surface area contributed by atoms with Gasteiger partial charge in [0.15, 0.2) is 5.69 Å². The molecule has 8 heteroatoms. The summed E-state index contributed by atoms with van der Waals surface area (Å²) in [4.78, 5) is 27.1. The maximum absolute atomic E-state index is 11.9. The summed E-state index contributed by atoms with van der Waals surface area (Å²) in [5, 5.41) is 19.3. The Labute approximate surface area is 142 Å². The van der Waals surface area contributed by atoms with Gasteiger partial charge in [-0.25, -0.2) is 9.59 Å². The van der Waals surface area contributed by atoms with Crippen molar-refractivity contribution in [3.8, 4) is 22.5 Å². The van der Waals surface area contributed by atoms with E-state index in [1.54, 1.807) is 31.2 Å². The van der Waals surface area contributed by atoms with Crippen LogP contribution in [-0.4, -0.2) is 44.0 Å². The van der Waals surface area contributed by atoms with Gasteiger partial charge in [-0.3, -0.25) is 4.98 Å². The number of carboxylic acid groups (broad SMARTS) is 1. The number of carbonyl (C=O) groups is 2. The molecule has 8 nitrogen and oxygen atoms in total. The lowest BCUT2D eigenvalue weighted by Gasteiger charge is -2.04. The van der Waals surface area contributed by atoms with Crippen molar-refractivity contribution in [2.75, 3.05) is 6.61 Å². The molecule has 3 aromatic rings. The lowest BCUT2D eigenvalue weighted by atomic mass is 10.0. The standard InChI is InChI=1S/C17H14N4O4/c1-2-25-17(24)15-14(19-21-20-15)11-5-3-10(4-6-11)13-9-12(16(22)23)7-8-18-13/h3-9H,2H2,1H3,(H,22,23)(H,19,20,21). The summed E-state index contributed by atoms with van der Waals surface area (Å²) in [6.45, 7) is 1.96. The van der Waals surface area contributed by atoms with Gasteiger partial charge in [0, 0.05) is 17.3 Å². The van der Waals surface area contributed by atoms with E-state index in [1.165, 1.54) is 18.3 Å². The molecule has 0 atom stereocenters. The van der Waals surface area contributed by atoms with Gasteiger partial charge < -0.3 is 9.84 Å². The monoisotopic (exact) mass is 338 g/mol. The third-order valence-electron chi connectivity index (χ3n) is 3.48. The van der Waals surface area contributed by atoms with E-state index < -0.39 is 11.9 Å². The Morgan fingerprint density at radius 3 is 2.52 bits per heavy atom. The number of carbonyl (C=O) groups excluding carboxylic acids is 1. The average Bonchev–Trinajstić information content (AvgIpc) is 3.12. The second-order valence-corrected chi connectivity index (χ2v) is 5.05. The van der Waals surface area contributed by atoms with Gasteiger partial charge in [0.25, 0.3) is 0 Å². The maximum Gasteiger partial charge on any atom is 0.361 e. The van der Waals surface area contributed by atoms with Gasteiger partial charge in [0.1, 0.15) is 5.69 Å². The summed E-state index contributed by atoms with van der Waals surface area (Å²) in [6, 6.07) is 9.98. The van der Waals surface area contributed by atoms with Crippen LogP contribution in [0.5, 0.6) is 0 Å². The molecule has 0 amide bonds. The van der Waals surface area contributed by atoms with Crippen molar-refractivity contribution in [2.45, 2.75) is 6.92 Å². The zero-order chi connectivity index (χ0) is 17.8. The Kier molecular flexibility index (Phi) is 4.51. The van der Waals surface area contributed by atoms with E-state index in [9.17, 15) is 9.59 Å². The highest BCUT2D eigenvalue weighted by Gasteiger charge is 2.19. The maximum atomic E-state index is 11.9. The second-order valence-electron chi connectivity index (χ2n) is 5.05. The Morgan fingerprint density at radius 2 is 1.84 bits per heavy atom. The van der Waals surface area contributed by atoms with E-state index in [-0.39, 0.29) is 17.9 Å². The van der Waals surface area contributed by atoms with E-state index in [4.69, 9.17) is 9.84 Å². The number of esters is 1. The van der Waals surface area contributed by atoms with Gasteiger partial charge in [0.05, 0.1) is 17.9 Å². The Hall–Kier alpha value is -3.55. The fourth-order valence-corrected chi connectivity index (χ4v) is 2.29. The number of hydrogen-bond acceptors (Lipinski definition) is 6. The first kappa shape index (κ1) is 16.3. The number of hydrogen-bond donors (Lipinski definition) is 2. The number of H-pyrrole nitrogens is 1. The smallest absolute Gasteiger partial charge is 0.361 e. The molecule has 126 valence electrons. The van der Waals surface area contributed by atoms with E-state index in [1.807, 2.05) is 0 Å². The van der Waals surface area contributed by atoms with Crippen LogP contribution in [0.4, 0.5) is 0 Å². The van der Waals surface area contributed by atoms with Crippen molar-refractivity contribution in [2.24, 2.45) is 0 Å². The van der Waals surface area contributed by atoms with E-state index >= 15 is 0 Å². The summed E-state index contributed by atoms with van der Waals surface area (Å²) >= 11 is 0. The molecule has 0 spiro atoms. The van der Waals surface area contributed by atoms with Gasteiger partial charge in [-0.2, -0.15) is 10.3 Å². The third-order valence-corrected chi connectivity index (χ3v) is 3.48. The summed E-state index contributed by atoms with van der Waals surface area (Å²) in [6.07, 6.45) is 1.45. The lowest BCUT2D eigenvalue weighted by Crippen LogP contribution is -2.06. The SMILES string of the molecule is CCOC(=O)c1n[nH]nc1-c1ccc(-c2cc(C(=O)O)ccn2)cc1. The molecular formula is C17H14N4O4. The first-order valence-electron chi connectivity index (χ1n) is 7.48. The highest BCUT2D eigenvalue weighted by Crippen LogP contribution is 2.24. The van der Waals surface area contributed by atoms with Crippen molar-refractivity contribution in [1.82, 2.24) is 20.4 Å². The Balaban J connectivity index is 1.91. The number of aromatic nitrogens is 4. The van der Waals surface area contributed by atoms with Crippen molar-refractivity contribution in [3.05, 3.63) is 53.9 Å². The van der Waals surface area contributed by atoms with E-state index in [2.05, 4.69) is 20.4 Å². The van der Waals surface area contributed by atoms with Crippen LogP contribution in [0, 0.1) is 0 Å². The summed E-state index contributed by atoms with van der Waals surface area (Å²) in [5.74, 6) is -1.56. The number of pyridine rings is 1. The van der Waals surface area contributed by atoms with Crippen LogP contribution in [-0.2, 0) is 4.74 Å². The molecule has 2 aromatic heterocycles. The van der Waals surface area contributed by atoms with Crippen molar-refractivity contribution in [1.29, 1.82) is 0 Å². The second kappa shape index (κ2) is 6.91. The van der Waals surface area contributed by atoms with Crippen LogP contribution in [0.25, 0.3) is 22.5 Å². The average molecular weight is 338 g/mol. The highest BCUT2D eigenvalue weighted by molar-refractivity contribution is 5.94. The number of aromatic carboxylic acids is 1. The van der Waals surface area contributed by atoms with Gasteiger partial charge in [-0.05, 0) is 19.1 Å². The molecule has 2 N–H and O–H groups in total. The number of benzene rings is 1. The van der Waals surface area contributed by atoms with Gasteiger partial charge >= 0.3 is 11.9 Å². The Bertz CT molecular complexity index is 918. The van der Waals surface area contributed by atoms with Crippen LogP contribution >= 0.6 is 0 Å². The summed E-state index contributed by atoms with van der Waals surface area (Å²) in [5.41, 5.74) is 2.62. The van der Waals surface area contributed by atoms with Crippen molar-refractivity contribution >= 4 is 11.9 Å². The van der Waals surface area contributed by atoms with Crippen LogP contribution in [0.3, 0.4) is 0 Å². The number of aromatic amines is 1. The van der Waals surface area contributed by atoms with Gasteiger partial charge in [0.2, 0.25) is 0 Å². The minimum atomic E-state index is -1.01. The molecule has 3 rings (SSSR count). The zero-order valence-electron chi connectivity index (χ0n) is 13.3. The van der Waals surface area contributed by atoms with Crippen LogP contribution < -0.4 is 0 Å². The molecule has 0 fully saturated rings. The first-order valence-corrected chi connectivity index (χ1v) is 7.48. The number of nitrogens with one attached hydrogen (secondary N) is 1. The van der Waals surface area contributed by atoms with Gasteiger partial charge in [-0.15, -0.1) is 5.10 Å². The zero-order valence-corrected chi connectivity index (χ0v) is 13.3. The molecule has 0 aliphatic heterocycles. The summed E-state index contributed by atoms with van der Waals surface area (Å²) in [7, 11) is 0. The topological polar surface area (TPSA) is 118 Å². The number of carboxylic acids is 1. The largest absolute Gasteiger partial charge is 0.478 e. The highest BCUT2D eigenvalue weighted by atomic mass is 16.5. The molecule has 0 saturated heterocycles. The van der Waals surface area contributed by atoms with E-state index in [0.717, 1.165) is 5.56 Å². The molecule has 0 radical (unpaired) electrons. The third kappa shape index (κ3) is 3.37. The molecule has 0 unspecified atom stereocenters. The van der Waals surface area contributed by atoms with Crippen LogP contribution in [0.15, 0.2) is 42.6 Å². The van der Waals surface area contributed by atoms with Gasteiger partial charge in [-0.1, -0.05) is 24.3 Å². The molecule has 2 heterocycles. The van der Waals surface area contributed by atoms with Crippen molar-refractivity contribution < 1.29 is 19.4 Å². The quantitative estimate of drug-likeness (QED) is 0.686. The van der Waals surface area contributed by atoms with Crippen molar-refractivity contribution in [3.63, 3.8) is 0 Å². The summed E-state index contributed by atoms with van der Waals surface area (Å²) < 4.78 is 4.95. The van der Waals surface area contributed by atoms with Crippen LogP contribution in [0.1, 0.15) is 27.8 Å². The molecule has 1 aromatic carbocycles. The number of rotatable bonds is 5. The first-order chi connectivity index (χ1) is 12.1. The molecule has 0 aliphatic rings. The predicted octanol–water partition coefficient (Wildman–Crippen LogP) is 2.41. The molecular weight excluding hydrogens is 324 g/mol. The predicted molar refractivity (Wildman–Crippen MR) is 88.0 cm³/mol. The lowest BCUT2D eigenvalue weighted by molar-refractivity contribution is 0.0520. The molecule has 0 aliphatic carbocycles. The fraction of sp³-hybridized carbons (Fsp3) is 0.118. The Morgan fingerprint density at radius 1 is 1.12 bits per heavy atom. The van der Waals surface area contributed by atoms with Crippen LogP contribution in [0.2, 0.25) is 0 Å². The minimum Gasteiger partial charge on any atom is -0.478 e. The molecule has 0 saturated carbocycles. The fourth-order valence-electron chi connectivity index (χ4n) is 2.29. The molecule has 25 heavy (non-hydrogen) atoms. The number of nitrogens with zero attached hydrogens (tertiary/aromatic N) is 3.